The quantitative estimate of drug-likeness (QED) is 0.849. The first-order chi connectivity index (χ1) is 9.09. The second-order valence-corrected chi connectivity index (χ2v) is 6.24. The second-order valence-electron chi connectivity index (χ2n) is 6.24. The smallest absolute Gasteiger partial charge is 0.312 e. The summed E-state index contributed by atoms with van der Waals surface area (Å²) in [5, 5.41) is 10.4. The third kappa shape index (κ3) is 3.21. The Kier molecular flexibility index (Phi) is 4.64. The lowest BCUT2D eigenvalue weighted by Crippen LogP contribution is -2.16. The summed E-state index contributed by atoms with van der Waals surface area (Å²) in [6.07, 6.45) is 0. The predicted octanol–water partition coefficient (Wildman–Crippen LogP) is 4.00. The number of benzene rings is 1. The van der Waals surface area contributed by atoms with Gasteiger partial charge in [0.05, 0.1) is 13.0 Å². The first-order valence-corrected chi connectivity index (χ1v) is 6.70. The average Bonchev–Trinajstić information content (AvgIpc) is 2.35. The van der Waals surface area contributed by atoms with Crippen molar-refractivity contribution in [3.8, 4) is 5.75 Å². The first kappa shape index (κ1) is 16.3. The zero-order chi connectivity index (χ0) is 15.7. The van der Waals surface area contributed by atoms with Crippen LogP contribution in [0.2, 0.25) is 0 Å². The van der Waals surface area contributed by atoms with E-state index in [0.717, 1.165) is 16.7 Å². The zero-order valence-corrected chi connectivity index (χ0v) is 13.2. The normalized spacial score (nSPS) is 12.9. The molecule has 0 heterocycles. The largest absolute Gasteiger partial charge is 0.507 e. The molecule has 0 bridgehead atoms. The Morgan fingerprint density at radius 2 is 1.90 bits per heavy atom. The number of rotatable bonds is 3. The Balaban J connectivity index is 3.53. The molecule has 0 aliphatic rings. The van der Waals surface area contributed by atoms with Crippen LogP contribution < -0.4 is 0 Å². The molecule has 0 aliphatic heterocycles. The molecule has 0 fully saturated rings. The number of hydrogen-bond donors (Lipinski definition) is 1. The van der Waals surface area contributed by atoms with Gasteiger partial charge in [-0.2, -0.15) is 0 Å². The van der Waals surface area contributed by atoms with E-state index in [-0.39, 0.29) is 23.1 Å². The van der Waals surface area contributed by atoms with Crippen molar-refractivity contribution < 1.29 is 14.6 Å². The maximum Gasteiger partial charge on any atom is 0.312 e. The van der Waals surface area contributed by atoms with Gasteiger partial charge >= 0.3 is 5.97 Å². The number of carbonyl (C=O) groups excluding carboxylic acids is 1. The minimum Gasteiger partial charge on any atom is -0.507 e. The van der Waals surface area contributed by atoms with Gasteiger partial charge in [0.2, 0.25) is 0 Å². The Labute approximate surface area is 121 Å². The number of hydrogen-bond acceptors (Lipinski definition) is 3. The van der Waals surface area contributed by atoms with Crippen molar-refractivity contribution in [2.75, 3.05) is 7.11 Å². The number of esters is 1. The van der Waals surface area contributed by atoms with Gasteiger partial charge in [0.1, 0.15) is 5.75 Å². The minimum atomic E-state index is -0.375. The van der Waals surface area contributed by atoms with Gasteiger partial charge in [-0.15, -0.1) is 0 Å². The molecule has 1 atom stereocenters. The lowest BCUT2D eigenvalue weighted by molar-refractivity contribution is -0.141. The Morgan fingerprint density at radius 1 is 1.35 bits per heavy atom. The molecule has 1 unspecified atom stereocenters. The molecular formula is C17H24O3. The molecule has 1 aromatic rings. The summed E-state index contributed by atoms with van der Waals surface area (Å²) in [4.78, 5) is 11.7. The molecule has 0 aliphatic carbocycles. The molecule has 3 heteroatoms. The summed E-state index contributed by atoms with van der Waals surface area (Å²) >= 11 is 0. The van der Waals surface area contributed by atoms with E-state index in [2.05, 4.69) is 6.58 Å². The van der Waals surface area contributed by atoms with Crippen LogP contribution in [0.4, 0.5) is 0 Å². The molecular weight excluding hydrogens is 252 g/mol. The third-order valence-electron chi connectivity index (χ3n) is 3.45. The molecule has 1 aromatic carbocycles. The highest BCUT2D eigenvalue weighted by molar-refractivity contribution is 5.79. The van der Waals surface area contributed by atoms with Crippen molar-refractivity contribution in [1.82, 2.24) is 0 Å². The molecule has 0 aromatic heterocycles. The van der Waals surface area contributed by atoms with Gasteiger partial charge in [-0.1, -0.05) is 33.4 Å². The summed E-state index contributed by atoms with van der Waals surface area (Å²) in [7, 11) is 1.38. The summed E-state index contributed by atoms with van der Waals surface area (Å²) in [6.45, 7) is 13.6. The maximum absolute atomic E-state index is 11.7. The fourth-order valence-electron chi connectivity index (χ4n) is 2.12. The van der Waals surface area contributed by atoms with Crippen molar-refractivity contribution >= 4 is 11.5 Å². The number of aromatic hydroxyl groups is 1. The minimum absolute atomic E-state index is 0.222. The fourth-order valence-corrected chi connectivity index (χ4v) is 2.12. The van der Waals surface area contributed by atoms with Gasteiger partial charge in [0.25, 0.3) is 0 Å². The summed E-state index contributed by atoms with van der Waals surface area (Å²) in [6, 6.07) is 3.69. The third-order valence-corrected chi connectivity index (χ3v) is 3.45. The molecule has 1 rings (SSSR count). The molecule has 0 spiro atoms. The Bertz CT molecular complexity index is 536. The molecule has 20 heavy (non-hydrogen) atoms. The molecule has 0 saturated heterocycles. The van der Waals surface area contributed by atoms with Gasteiger partial charge in [-0.3, -0.25) is 4.79 Å². The van der Waals surface area contributed by atoms with E-state index >= 15 is 0 Å². The van der Waals surface area contributed by atoms with Crippen LogP contribution in [0, 0.1) is 0 Å². The van der Waals surface area contributed by atoms with Gasteiger partial charge in [-0.25, -0.2) is 0 Å². The summed E-state index contributed by atoms with van der Waals surface area (Å²) < 4.78 is 4.80. The SMILES string of the molecule is C=C(C)c1cc(C(C)C(=O)OC)cc(C(C)(C)C)c1O. The Hall–Kier alpha value is -1.77. The van der Waals surface area contributed by atoms with Crippen molar-refractivity contribution in [1.29, 1.82) is 0 Å². The maximum atomic E-state index is 11.7. The van der Waals surface area contributed by atoms with Crippen LogP contribution in [0.5, 0.6) is 5.75 Å². The van der Waals surface area contributed by atoms with Crippen molar-refractivity contribution in [2.24, 2.45) is 0 Å². The van der Waals surface area contributed by atoms with E-state index in [1.807, 2.05) is 39.8 Å². The first-order valence-electron chi connectivity index (χ1n) is 6.70. The molecule has 1 N–H and O–H groups in total. The summed E-state index contributed by atoms with van der Waals surface area (Å²) in [5.41, 5.74) is 2.87. The van der Waals surface area contributed by atoms with E-state index in [0.29, 0.717) is 5.56 Å². The Morgan fingerprint density at radius 3 is 2.30 bits per heavy atom. The van der Waals surface area contributed by atoms with Crippen molar-refractivity contribution in [2.45, 2.75) is 46.0 Å². The standard InChI is InChI=1S/C17H24O3/c1-10(2)13-8-12(11(3)16(19)20-7)9-14(15(13)18)17(4,5)6/h8-9,11,18H,1H2,2-7H3. The van der Waals surface area contributed by atoms with E-state index < -0.39 is 0 Å². The van der Waals surface area contributed by atoms with Crippen LogP contribution in [0.15, 0.2) is 18.7 Å². The van der Waals surface area contributed by atoms with Crippen molar-refractivity contribution in [3.05, 3.63) is 35.4 Å². The second kappa shape index (κ2) is 5.70. The molecule has 0 radical (unpaired) electrons. The van der Waals surface area contributed by atoms with Crippen LogP contribution in [-0.4, -0.2) is 18.2 Å². The topological polar surface area (TPSA) is 46.5 Å². The highest BCUT2D eigenvalue weighted by atomic mass is 16.5. The molecule has 3 nitrogen and oxygen atoms in total. The highest BCUT2D eigenvalue weighted by Crippen LogP contribution is 2.38. The van der Waals surface area contributed by atoms with E-state index in [9.17, 15) is 9.90 Å². The van der Waals surface area contributed by atoms with Crippen molar-refractivity contribution in [3.63, 3.8) is 0 Å². The number of allylic oxidation sites excluding steroid dienone is 1. The highest BCUT2D eigenvalue weighted by Gasteiger charge is 2.25. The molecule has 0 amide bonds. The number of carbonyl (C=O) groups is 1. The zero-order valence-electron chi connectivity index (χ0n) is 13.2. The lowest BCUT2D eigenvalue weighted by atomic mass is 9.81. The van der Waals surface area contributed by atoms with E-state index in [1.54, 1.807) is 6.92 Å². The number of methoxy groups -OCH3 is 1. The molecule has 0 saturated carbocycles. The lowest BCUT2D eigenvalue weighted by Gasteiger charge is -2.24. The van der Waals surface area contributed by atoms with Gasteiger partial charge in [0, 0.05) is 11.1 Å². The average molecular weight is 276 g/mol. The van der Waals surface area contributed by atoms with Crippen LogP contribution in [0.25, 0.3) is 5.57 Å². The van der Waals surface area contributed by atoms with Gasteiger partial charge in [-0.05, 0) is 36.5 Å². The van der Waals surface area contributed by atoms with Crippen LogP contribution in [-0.2, 0) is 14.9 Å². The number of phenolic OH excluding ortho intramolecular Hbond substituents is 1. The van der Waals surface area contributed by atoms with Crippen LogP contribution >= 0.6 is 0 Å². The van der Waals surface area contributed by atoms with Crippen LogP contribution in [0.3, 0.4) is 0 Å². The van der Waals surface area contributed by atoms with Gasteiger partial charge in [0.15, 0.2) is 0 Å². The monoisotopic (exact) mass is 276 g/mol. The fraction of sp³-hybridized carbons (Fsp3) is 0.471. The predicted molar refractivity (Wildman–Crippen MR) is 81.9 cm³/mol. The van der Waals surface area contributed by atoms with E-state index in [1.165, 1.54) is 7.11 Å². The van der Waals surface area contributed by atoms with Gasteiger partial charge < -0.3 is 9.84 Å². The number of phenols is 1. The van der Waals surface area contributed by atoms with E-state index in [4.69, 9.17) is 4.74 Å². The number of ether oxygens (including phenoxy) is 1. The summed E-state index contributed by atoms with van der Waals surface area (Å²) in [5.74, 6) is -0.422. The van der Waals surface area contributed by atoms with Crippen LogP contribution in [0.1, 0.15) is 57.2 Å². The molecule has 110 valence electrons.